The van der Waals surface area contributed by atoms with Crippen molar-refractivity contribution in [2.45, 2.75) is 44.9 Å². The van der Waals surface area contributed by atoms with Gasteiger partial charge in [-0.3, -0.25) is 4.79 Å². The molecule has 0 bridgehead atoms. The van der Waals surface area contributed by atoms with Crippen molar-refractivity contribution in [2.75, 3.05) is 11.9 Å². The first-order valence-corrected chi connectivity index (χ1v) is 7.39. The van der Waals surface area contributed by atoms with Gasteiger partial charge in [0.25, 0.3) is 0 Å². The molecule has 0 unspecified atom stereocenters. The van der Waals surface area contributed by atoms with Crippen molar-refractivity contribution in [3.8, 4) is 0 Å². The van der Waals surface area contributed by atoms with Crippen molar-refractivity contribution in [2.24, 2.45) is 0 Å². The normalized spacial score (nSPS) is 10.4. The molecule has 21 heavy (non-hydrogen) atoms. The molecule has 4 heteroatoms. The number of hydrogen-bond acceptors (Lipinski definition) is 2. The number of rotatable bonds is 10. The van der Waals surface area contributed by atoms with Crippen LogP contribution in [0.5, 0.6) is 0 Å². The number of unbranched alkanes of at least 4 members (excludes halogenated alkanes) is 4. The van der Waals surface area contributed by atoms with Crippen molar-refractivity contribution in [3.05, 3.63) is 42.4 Å². The van der Waals surface area contributed by atoms with Crippen LogP contribution in [-0.2, 0) is 4.79 Å². The Morgan fingerprint density at radius 1 is 1.10 bits per heavy atom. The molecule has 3 nitrogen and oxygen atoms in total. The molecule has 0 radical (unpaired) electrons. The summed E-state index contributed by atoms with van der Waals surface area (Å²) in [7, 11) is 1.93. The summed E-state index contributed by atoms with van der Waals surface area (Å²) in [5, 5.41) is 8.53. The summed E-state index contributed by atoms with van der Waals surface area (Å²) in [6.45, 7) is 4.07. The molecule has 0 fully saturated rings. The monoisotopic (exact) mass is 293 g/mol. The number of carboxylic acid groups (broad SMARTS) is 1. The van der Waals surface area contributed by atoms with Gasteiger partial charge in [-0.2, -0.15) is 0 Å². The number of halogens is 1. The maximum atomic E-state index is 12.9. The van der Waals surface area contributed by atoms with Gasteiger partial charge in [0.2, 0.25) is 0 Å². The minimum Gasteiger partial charge on any atom is -0.481 e. The van der Waals surface area contributed by atoms with Crippen LogP contribution < -0.4 is 4.90 Å². The van der Waals surface area contributed by atoms with Crippen molar-refractivity contribution in [3.63, 3.8) is 0 Å². The molecule has 0 atom stereocenters. The topological polar surface area (TPSA) is 40.5 Å². The van der Waals surface area contributed by atoms with E-state index in [4.69, 9.17) is 5.11 Å². The summed E-state index contributed by atoms with van der Waals surface area (Å²) in [4.78, 5) is 12.3. The Labute approximate surface area is 126 Å². The number of carboxylic acids is 1. The molecule has 0 spiro atoms. The third-order valence-electron chi connectivity index (χ3n) is 3.54. The standard InChI is InChI=1S/C17H24FNO2/c1-14(8-6-4-3-5-7-9-17(20)21)19(2)16-12-10-15(18)11-13-16/h10-13H,1,3-9H2,2H3,(H,20,21). The highest BCUT2D eigenvalue weighted by atomic mass is 19.1. The van der Waals surface area contributed by atoms with Crippen LogP contribution in [0.2, 0.25) is 0 Å². The summed E-state index contributed by atoms with van der Waals surface area (Å²) >= 11 is 0. The highest BCUT2D eigenvalue weighted by molar-refractivity contribution is 5.66. The van der Waals surface area contributed by atoms with Gasteiger partial charge >= 0.3 is 5.97 Å². The van der Waals surface area contributed by atoms with Gasteiger partial charge in [0.05, 0.1) is 0 Å². The van der Waals surface area contributed by atoms with E-state index >= 15 is 0 Å². The molecule has 1 N–H and O–H groups in total. The molecule has 0 aliphatic rings. The quantitative estimate of drug-likeness (QED) is 0.641. The third kappa shape index (κ3) is 6.93. The second-order valence-electron chi connectivity index (χ2n) is 5.26. The summed E-state index contributed by atoms with van der Waals surface area (Å²) in [5.41, 5.74) is 1.94. The Morgan fingerprint density at radius 3 is 2.19 bits per heavy atom. The minimum absolute atomic E-state index is 0.237. The summed E-state index contributed by atoms with van der Waals surface area (Å²) in [6.07, 6.45) is 6.05. The lowest BCUT2D eigenvalue weighted by atomic mass is 10.1. The van der Waals surface area contributed by atoms with Crippen LogP contribution in [-0.4, -0.2) is 18.1 Å². The lowest BCUT2D eigenvalue weighted by Gasteiger charge is -2.22. The molecule has 0 saturated heterocycles. The predicted molar refractivity (Wildman–Crippen MR) is 83.9 cm³/mol. The number of hydrogen-bond donors (Lipinski definition) is 1. The fourth-order valence-corrected chi connectivity index (χ4v) is 2.15. The highest BCUT2D eigenvalue weighted by Crippen LogP contribution is 2.20. The molecule has 1 aromatic carbocycles. The first-order chi connectivity index (χ1) is 10.0. The smallest absolute Gasteiger partial charge is 0.303 e. The zero-order valence-corrected chi connectivity index (χ0v) is 12.6. The van der Waals surface area contributed by atoms with Gasteiger partial charge < -0.3 is 10.0 Å². The fraction of sp³-hybridized carbons (Fsp3) is 0.471. The predicted octanol–water partition coefficient (Wildman–Crippen LogP) is 4.59. The van der Waals surface area contributed by atoms with Crippen LogP contribution in [0.4, 0.5) is 10.1 Å². The van der Waals surface area contributed by atoms with Crippen LogP contribution >= 0.6 is 0 Å². The van der Waals surface area contributed by atoms with Crippen molar-refractivity contribution < 1.29 is 14.3 Å². The molecule has 0 heterocycles. The second-order valence-corrected chi connectivity index (χ2v) is 5.26. The zero-order valence-electron chi connectivity index (χ0n) is 12.6. The van der Waals surface area contributed by atoms with E-state index < -0.39 is 5.97 Å². The molecule has 0 aromatic heterocycles. The largest absolute Gasteiger partial charge is 0.481 e. The first kappa shape index (κ1) is 17.2. The van der Waals surface area contributed by atoms with E-state index in [1.54, 1.807) is 12.1 Å². The molecule has 0 amide bonds. The summed E-state index contributed by atoms with van der Waals surface area (Å²) in [5.74, 6) is -0.955. The molecule has 116 valence electrons. The zero-order chi connectivity index (χ0) is 15.7. The Kier molecular flexibility index (Phi) is 7.51. The van der Waals surface area contributed by atoms with E-state index in [-0.39, 0.29) is 12.2 Å². The number of allylic oxidation sites excluding steroid dienone is 1. The molecular weight excluding hydrogens is 269 g/mol. The van der Waals surface area contributed by atoms with Crippen molar-refractivity contribution in [1.29, 1.82) is 0 Å². The number of anilines is 1. The Bertz CT molecular complexity index is 456. The van der Waals surface area contributed by atoms with E-state index in [2.05, 4.69) is 6.58 Å². The average Bonchev–Trinajstić information content (AvgIpc) is 2.45. The SMILES string of the molecule is C=C(CCCCCCCC(=O)O)N(C)c1ccc(F)cc1. The Hall–Kier alpha value is -1.84. The summed E-state index contributed by atoms with van der Waals surface area (Å²) < 4.78 is 12.9. The Balaban J connectivity index is 2.18. The van der Waals surface area contributed by atoms with E-state index in [9.17, 15) is 9.18 Å². The van der Waals surface area contributed by atoms with Gasteiger partial charge in [0.15, 0.2) is 0 Å². The van der Waals surface area contributed by atoms with Gasteiger partial charge in [-0.05, 0) is 43.5 Å². The van der Waals surface area contributed by atoms with Gasteiger partial charge in [-0.1, -0.05) is 25.8 Å². The first-order valence-electron chi connectivity index (χ1n) is 7.39. The van der Waals surface area contributed by atoms with E-state index in [1.807, 2.05) is 11.9 Å². The third-order valence-corrected chi connectivity index (χ3v) is 3.54. The second kappa shape index (κ2) is 9.16. The van der Waals surface area contributed by atoms with Crippen LogP contribution in [0.25, 0.3) is 0 Å². The number of carbonyl (C=O) groups is 1. The molecule has 0 saturated carbocycles. The highest BCUT2D eigenvalue weighted by Gasteiger charge is 2.05. The molecule has 0 aliphatic carbocycles. The van der Waals surface area contributed by atoms with E-state index in [0.29, 0.717) is 0 Å². The summed E-state index contributed by atoms with van der Waals surface area (Å²) in [6, 6.07) is 6.38. The number of aliphatic carboxylic acids is 1. The lowest BCUT2D eigenvalue weighted by molar-refractivity contribution is -0.137. The van der Waals surface area contributed by atoms with E-state index in [1.165, 1.54) is 12.1 Å². The molecule has 1 aromatic rings. The molecule has 1 rings (SSSR count). The van der Waals surface area contributed by atoms with Gasteiger partial charge in [0.1, 0.15) is 5.82 Å². The number of nitrogens with zero attached hydrogens (tertiary/aromatic N) is 1. The average molecular weight is 293 g/mol. The van der Waals surface area contributed by atoms with Crippen LogP contribution in [0.3, 0.4) is 0 Å². The lowest BCUT2D eigenvalue weighted by Crippen LogP contribution is -2.15. The van der Waals surface area contributed by atoms with Crippen LogP contribution in [0.1, 0.15) is 44.9 Å². The van der Waals surface area contributed by atoms with Crippen molar-refractivity contribution >= 4 is 11.7 Å². The van der Waals surface area contributed by atoms with Gasteiger partial charge in [-0.25, -0.2) is 4.39 Å². The fourth-order valence-electron chi connectivity index (χ4n) is 2.15. The Morgan fingerprint density at radius 2 is 1.62 bits per heavy atom. The molecular formula is C17H24FNO2. The maximum absolute atomic E-state index is 12.9. The molecule has 0 aliphatic heterocycles. The van der Waals surface area contributed by atoms with Crippen LogP contribution in [0, 0.1) is 5.82 Å². The number of benzene rings is 1. The van der Waals surface area contributed by atoms with Crippen LogP contribution in [0.15, 0.2) is 36.5 Å². The van der Waals surface area contributed by atoms with Gasteiger partial charge in [0, 0.05) is 24.9 Å². The van der Waals surface area contributed by atoms with Crippen molar-refractivity contribution in [1.82, 2.24) is 0 Å². The minimum atomic E-state index is -0.718. The van der Waals surface area contributed by atoms with Gasteiger partial charge in [-0.15, -0.1) is 0 Å². The maximum Gasteiger partial charge on any atom is 0.303 e. The van der Waals surface area contributed by atoms with E-state index in [0.717, 1.165) is 49.9 Å².